The molecule has 0 saturated heterocycles. The summed E-state index contributed by atoms with van der Waals surface area (Å²) in [5.74, 6) is 0.119. The predicted molar refractivity (Wildman–Crippen MR) is 43.2 cm³/mol. The fourth-order valence-corrected chi connectivity index (χ4v) is 1.05. The Labute approximate surface area is 73.4 Å². The van der Waals surface area contributed by atoms with Gasteiger partial charge in [-0.05, 0) is 11.6 Å². The Kier molecular flexibility index (Phi) is 2.81. The molecule has 0 spiro atoms. The maximum Gasteiger partial charge on any atom is 0.282 e. The highest BCUT2D eigenvalue weighted by molar-refractivity contribution is 6.17. The van der Waals surface area contributed by atoms with E-state index in [9.17, 15) is 8.78 Å². The Bertz CT molecular complexity index is 278. The molecular weight excluding hydrogens is 186 g/mol. The highest BCUT2D eigenvalue weighted by Crippen LogP contribution is 2.25. The van der Waals surface area contributed by atoms with E-state index in [4.69, 9.17) is 17.3 Å². The maximum atomic E-state index is 12.2. The van der Waals surface area contributed by atoms with Crippen molar-refractivity contribution in [1.29, 1.82) is 0 Å². The molecule has 1 rings (SSSR count). The van der Waals surface area contributed by atoms with Crippen molar-refractivity contribution >= 4 is 17.3 Å². The molecule has 0 aliphatic heterocycles. The summed E-state index contributed by atoms with van der Waals surface area (Å²) in [6.45, 7) is 0. The van der Waals surface area contributed by atoms with E-state index >= 15 is 0 Å². The summed E-state index contributed by atoms with van der Waals surface area (Å²) in [5.41, 5.74) is 5.45. The zero-order valence-corrected chi connectivity index (χ0v) is 6.85. The molecule has 0 aliphatic rings. The van der Waals surface area contributed by atoms with Gasteiger partial charge in [0.25, 0.3) is 6.43 Å². The molecule has 0 fully saturated rings. The van der Waals surface area contributed by atoms with Crippen LogP contribution in [0.2, 0.25) is 0 Å². The molecule has 0 bridgehead atoms. The van der Waals surface area contributed by atoms with Crippen LogP contribution in [-0.2, 0) is 5.88 Å². The van der Waals surface area contributed by atoms with E-state index in [1.165, 1.54) is 12.3 Å². The fraction of sp³-hybridized carbons (Fsp3) is 0.286. The van der Waals surface area contributed by atoms with Gasteiger partial charge in [0.15, 0.2) is 0 Å². The Morgan fingerprint density at radius 1 is 1.58 bits per heavy atom. The summed E-state index contributed by atoms with van der Waals surface area (Å²) in [4.78, 5) is 3.45. The number of pyridine rings is 1. The molecule has 0 radical (unpaired) electrons. The number of hydrogen-bond donors (Lipinski definition) is 1. The second kappa shape index (κ2) is 3.67. The molecular formula is C7H7ClF2N2. The minimum atomic E-state index is -2.65. The van der Waals surface area contributed by atoms with Gasteiger partial charge in [0.05, 0.1) is 5.69 Å². The van der Waals surface area contributed by atoms with Crippen LogP contribution in [0.15, 0.2) is 12.3 Å². The van der Waals surface area contributed by atoms with E-state index in [1.807, 2.05) is 0 Å². The molecule has 0 amide bonds. The second-order valence-electron chi connectivity index (χ2n) is 2.20. The van der Waals surface area contributed by atoms with E-state index in [0.717, 1.165) is 0 Å². The smallest absolute Gasteiger partial charge is 0.282 e. The van der Waals surface area contributed by atoms with Gasteiger partial charge in [-0.15, -0.1) is 11.6 Å². The number of anilines is 1. The van der Waals surface area contributed by atoms with Gasteiger partial charge in [-0.3, -0.25) is 4.98 Å². The van der Waals surface area contributed by atoms with Gasteiger partial charge in [-0.2, -0.15) is 0 Å². The van der Waals surface area contributed by atoms with Crippen molar-refractivity contribution in [2.75, 3.05) is 5.73 Å². The van der Waals surface area contributed by atoms with E-state index in [-0.39, 0.29) is 11.6 Å². The first kappa shape index (κ1) is 9.19. The van der Waals surface area contributed by atoms with E-state index < -0.39 is 12.1 Å². The average molecular weight is 193 g/mol. The van der Waals surface area contributed by atoms with E-state index in [2.05, 4.69) is 4.98 Å². The highest BCUT2D eigenvalue weighted by Gasteiger charge is 2.14. The lowest BCUT2D eigenvalue weighted by Gasteiger charge is -2.06. The number of halogens is 3. The van der Waals surface area contributed by atoms with Crippen molar-refractivity contribution < 1.29 is 8.78 Å². The van der Waals surface area contributed by atoms with Gasteiger partial charge < -0.3 is 5.73 Å². The Hall–Kier alpha value is -0.900. The molecule has 0 aromatic carbocycles. The largest absolute Gasteiger partial charge is 0.397 e. The fourth-order valence-electron chi connectivity index (χ4n) is 0.822. The van der Waals surface area contributed by atoms with Crippen LogP contribution in [0.1, 0.15) is 17.7 Å². The summed E-state index contributed by atoms with van der Waals surface area (Å²) < 4.78 is 24.3. The SMILES string of the molecule is Nc1c(CCl)ccnc1C(F)F. The number of alkyl halides is 3. The first-order chi connectivity index (χ1) is 5.66. The molecule has 5 heteroatoms. The van der Waals surface area contributed by atoms with Crippen molar-refractivity contribution in [3.63, 3.8) is 0 Å². The topological polar surface area (TPSA) is 38.9 Å². The van der Waals surface area contributed by atoms with E-state index in [1.54, 1.807) is 0 Å². The van der Waals surface area contributed by atoms with Crippen LogP contribution in [-0.4, -0.2) is 4.98 Å². The molecule has 2 N–H and O–H groups in total. The van der Waals surface area contributed by atoms with Crippen molar-refractivity contribution in [2.45, 2.75) is 12.3 Å². The summed E-state index contributed by atoms with van der Waals surface area (Å²) in [7, 11) is 0. The monoisotopic (exact) mass is 192 g/mol. The number of hydrogen-bond acceptors (Lipinski definition) is 2. The van der Waals surface area contributed by atoms with Crippen LogP contribution in [0.3, 0.4) is 0 Å². The molecule has 0 aliphatic carbocycles. The molecule has 0 unspecified atom stereocenters. The molecule has 1 aromatic rings. The van der Waals surface area contributed by atoms with Crippen molar-refractivity contribution in [3.8, 4) is 0 Å². The number of nitrogens with zero attached hydrogens (tertiary/aromatic N) is 1. The highest BCUT2D eigenvalue weighted by atomic mass is 35.5. The van der Waals surface area contributed by atoms with Gasteiger partial charge in [-0.1, -0.05) is 0 Å². The third kappa shape index (κ3) is 1.64. The number of nitrogens with two attached hydrogens (primary N) is 1. The Balaban J connectivity index is 3.14. The van der Waals surface area contributed by atoms with Crippen molar-refractivity contribution in [3.05, 3.63) is 23.5 Å². The molecule has 0 saturated carbocycles. The number of aromatic nitrogens is 1. The number of nitrogen functional groups attached to an aromatic ring is 1. The lowest BCUT2D eigenvalue weighted by Crippen LogP contribution is -2.01. The third-order valence-electron chi connectivity index (χ3n) is 1.46. The van der Waals surface area contributed by atoms with Gasteiger partial charge in [0.1, 0.15) is 5.69 Å². The Morgan fingerprint density at radius 2 is 2.25 bits per heavy atom. The molecule has 0 atom stereocenters. The third-order valence-corrected chi connectivity index (χ3v) is 1.75. The van der Waals surface area contributed by atoms with Crippen molar-refractivity contribution in [1.82, 2.24) is 4.98 Å². The summed E-state index contributed by atoms with van der Waals surface area (Å²) in [5, 5.41) is 0. The van der Waals surface area contributed by atoms with Gasteiger partial charge in [0, 0.05) is 12.1 Å². The predicted octanol–water partition coefficient (Wildman–Crippen LogP) is 2.34. The summed E-state index contributed by atoms with van der Waals surface area (Å²) >= 11 is 5.46. The molecule has 1 heterocycles. The van der Waals surface area contributed by atoms with Gasteiger partial charge in [0.2, 0.25) is 0 Å². The standard InChI is InChI=1S/C7H7ClF2N2/c8-3-4-1-2-12-6(5(4)11)7(9)10/h1-2,7H,3,11H2. The van der Waals surface area contributed by atoms with Crippen molar-refractivity contribution in [2.24, 2.45) is 0 Å². The normalized spacial score (nSPS) is 10.7. The quantitative estimate of drug-likeness (QED) is 0.731. The summed E-state index contributed by atoms with van der Waals surface area (Å²) in [6.07, 6.45) is -1.37. The number of rotatable bonds is 2. The first-order valence-electron chi connectivity index (χ1n) is 3.24. The average Bonchev–Trinajstić information content (AvgIpc) is 2.04. The zero-order chi connectivity index (χ0) is 9.14. The van der Waals surface area contributed by atoms with Gasteiger partial charge >= 0.3 is 0 Å². The minimum Gasteiger partial charge on any atom is -0.397 e. The van der Waals surface area contributed by atoms with Gasteiger partial charge in [-0.25, -0.2) is 8.78 Å². The van der Waals surface area contributed by atoms with Crippen LogP contribution in [0.4, 0.5) is 14.5 Å². The summed E-state index contributed by atoms with van der Waals surface area (Å²) in [6, 6.07) is 1.52. The molecule has 1 aromatic heterocycles. The minimum absolute atomic E-state index is 0.0116. The molecule has 2 nitrogen and oxygen atoms in total. The van der Waals surface area contributed by atoms with Crippen LogP contribution >= 0.6 is 11.6 Å². The first-order valence-corrected chi connectivity index (χ1v) is 3.77. The van der Waals surface area contributed by atoms with Crippen LogP contribution in [0, 0.1) is 0 Å². The zero-order valence-electron chi connectivity index (χ0n) is 6.10. The van der Waals surface area contributed by atoms with Crippen LogP contribution < -0.4 is 5.73 Å². The van der Waals surface area contributed by atoms with Crippen LogP contribution in [0.25, 0.3) is 0 Å². The Morgan fingerprint density at radius 3 is 2.75 bits per heavy atom. The lowest BCUT2D eigenvalue weighted by molar-refractivity contribution is 0.147. The second-order valence-corrected chi connectivity index (χ2v) is 2.47. The lowest BCUT2D eigenvalue weighted by atomic mass is 10.2. The van der Waals surface area contributed by atoms with E-state index in [0.29, 0.717) is 5.56 Å². The molecule has 66 valence electrons. The van der Waals surface area contributed by atoms with Crippen LogP contribution in [0.5, 0.6) is 0 Å². The molecule has 12 heavy (non-hydrogen) atoms. The maximum absolute atomic E-state index is 12.2.